The molecule has 0 saturated heterocycles. The first-order valence-electron chi connectivity index (χ1n) is 41.1. The number of amides is 1. The van der Waals surface area contributed by atoms with E-state index in [-0.39, 0.29) is 18.5 Å². The number of nitrogens with one attached hydrogen (secondary N) is 1. The fourth-order valence-corrected chi connectivity index (χ4v) is 13.3. The normalized spacial score (nSPS) is 12.5. The van der Waals surface area contributed by atoms with E-state index in [2.05, 4.69) is 43.5 Å². The van der Waals surface area contributed by atoms with Crippen molar-refractivity contribution in [2.75, 3.05) is 13.2 Å². The zero-order chi connectivity index (χ0) is 64.2. The van der Waals surface area contributed by atoms with Crippen molar-refractivity contribution in [2.45, 2.75) is 482 Å². The Morgan fingerprint density at radius 1 is 0.315 bits per heavy atom. The molecule has 6 heteroatoms. The first kappa shape index (κ1) is 87.3. The van der Waals surface area contributed by atoms with Crippen LogP contribution in [0.4, 0.5) is 0 Å². The van der Waals surface area contributed by atoms with Crippen molar-refractivity contribution in [1.82, 2.24) is 5.32 Å². The Bertz CT molecular complexity index is 1400. The van der Waals surface area contributed by atoms with Crippen LogP contribution in [0.2, 0.25) is 0 Å². The van der Waals surface area contributed by atoms with Crippen LogP contribution in [0.15, 0.2) is 24.3 Å². The van der Waals surface area contributed by atoms with Crippen LogP contribution >= 0.6 is 0 Å². The number of aliphatic hydroxyl groups is 2. The summed E-state index contributed by atoms with van der Waals surface area (Å²) in [6.07, 6.45) is 101. The van der Waals surface area contributed by atoms with Gasteiger partial charge >= 0.3 is 5.97 Å². The molecule has 2 unspecified atom stereocenters. The van der Waals surface area contributed by atoms with Crippen LogP contribution < -0.4 is 5.32 Å². The van der Waals surface area contributed by atoms with E-state index in [9.17, 15) is 19.8 Å². The second-order valence-corrected chi connectivity index (χ2v) is 28.5. The number of hydrogen-bond donors (Lipinski definition) is 3. The molecule has 0 fully saturated rings. The van der Waals surface area contributed by atoms with Crippen LogP contribution in [0.5, 0.6) is 0 Å². The van der Waals surface area contributed by atoms with Gasteiger partial charge in [0.05, 0.1) is 25.4 Å². The van der Waals surface area contributed by atoms with Gasteiger partial charge in [-0.05, 0) is 57.8 Å². The van der Waals surface area contributed by atoms with Crippen LogP contribution in [-0.4, -0.2) is 47.4 Å². The molecule has 3 N–H and O–H groups in total. The summed E-state index contributed by atoms with van der Waals surface area (Å²) >= 11 is 0. The molecule has 1 amide bonds. The van der Waals surface area contributed by atoms with Gasteiger partial charge in [-0.15, -0.1) is 0 Å². The number of ether oxygens (including phenoxy) is 1. The molecule has 0 aromatic rings. The molecule has 528 valence electrons. The Morgan fingerprint density at radius 3 is 0.876 bits per heavy atom. The van der Waals surface area contributed by atoms with Gasteiger partial charge in [-0.1, -0.05) is 423 Å². The Labute approximate surface area is 558 Å². The number of unbranched alkanes of at least 4 members (excludes halogenated alkanes) is 63. The van der Waals surface area contributed by atoms with Gasteiger partial charge in [-0.25, -0.2) is 0 Å². The van der Waals surface area contributed by atoms with Gasteiger partial charge in [0.1, 0.15) is 0 Å². The smallest absolute Gasteiger partial charge is 0.305 e. The minimum absolute atomic E-state index is 0.0170. The van der Waals surface area contributed by atoms with Crippen molar-refractivity contribution in [3.05, 3.63) is 24.3 Å². The molecule has 0 rings (SSSR count). The maximum absolute atomic E-state index is 12.6. The van der Waals surface area contributed by atoms with Crippen molar-refractivity contribution >= 4 is 11.9 Å². The monoisotopic (exact) mass is 1250 g/mol. The highest BCUT2D eigenvalue weighted by molar-refractivity contribution is 5.76. The number of rotatable bonds is 78. The quantitative estimate of drug-likeness (QED) is 0.0320. The van der Waals surface area contributed by atoms with E-state index in [4.69, 9.17) is 4.74 Å². The second-order valence-electron chi connectivity index (χ2n) is 28.5. The van der Waals surface area contributed by atoms with Gasteiger partial charge in [-0.3, -0.25) is 9.59 Å². The summed E-state index contributed by atoms with van der Waals surface area (Å²) in [6.45, 7) is 4.99. The summed E-state index contributed by atoms with van der Waals surface area (Å²) in [5.41, 5.74) is 0. The average molecular weight is 1250 g/mol. The minimum atomic E-state index is -0.663. The zero-order valence-corrected chi connectivity index (χ0v) is 60.7. The van der Waals surface area contributed by atoms with Crippen LogP contribution in [-0.2, 0) is 14.3 Å². The summed E-state index contributed by atoms with van der Waals surface area (Å²) in [6, 6.07) is -0.540. The summed E-state index contributed by atoms with van der Waals surface area (Å²) < 4.78 is 5.52. The molecule has 89 heavy (non-hydrogen) atoms. The predicted molar refractivity (Wildman–Crippen MR) is 393 cm³/mol. The maximum Gasteiger partial charge on any atom is 0.305 e. The molecule has 0 spiro atoms. The number of esters is 1. The largest absolute Gasteiger partial charge is 0.466 e. The third-order valence-electron chi connectivity index (χ3n) is 19.5. The first-order chi connectivity index (χ1) is 44.0. The highest BCUT2D eigenvalue weighted by atomic mass is 16.5. The Balaban J connectivity index is 3.33. The van der Waals surface area contributed by atoms with Gasteiger partial charge in [-0.2, -0.15) is 0 Å². The third kappa shape index (κ3) is 75.3. The lowest BCUT2D eigenvalue weighted by atomic mass is 10.0. The van der Waals surface area contributed by atoms with Crippen molar-refractivity contribution < 1.29 is 24.5 Å². The highest BCUT2D eigenvalue weighted by Gasteiger charge is 2.20. The number of carbonyl (C=O) groups is 2. The van der Waals surface area contributed by atoms with Crippen molar-refractivity contribution in [1.29, 1.82) is 0 Å². The van der Waals surface area contributed by atoms with Gasteiger partial charge in [0.25, 0.3) is 0 Å². The van der Waals surface area contributed by atoms with Crippen LogP contribution in [0.1, 0.15) is 470 Å². The lowest BCUT2D eigenvalue weighted by Crippen LogP contribution is -2.45. The third-order valence-corrected chi connectivity index (χ3v) is 19.5. The molecule has 0 heterocycles. The second kappa shape index (κ2) is 78.8. The molecule has 2 atom stereocenters. The van der Waals surface area contributed by atoms with Gasteiger partial charge in [0.2, 0.25) is 5.91 Å². The summed E-state index contributed by atoms with van der Waals surface area (Å²) in [5, 5.41) is 23.5. The average Bonchev–Trinajstić information content (AvgIpc) is 3.56. The van der Waals surface area contributed by atoms with E-state index in [0.29, 0.717) is 25.9 Å². The van der Waals surface area contributed by atoms with Gasteiger partial charge in [0.15, 0.2) is 0 Å². The van der Waals surface area contributed by atoms with E-state index in [1.54, 1.807) is 0 Å². The summed E-state index contributed by atoms with van der Waals surface area (Å²) in [4.78, 5) is 24.7. The van der Waals surface area contributed by atoms with Crippen LogP contribution in [0.3, 0.4) is 0 Å². The molecule has 0 aliphatic rings. The van der Waals surface area contributed by atoms with Crippen LogP contribution in [0.25, 0.3) is 0 Å². The Morgan fingerprint density at radius 2 is 0.562 bits per heavy atom. The SMILES string of the molecule is CCCCC/C=C\C/C=C\CCCCCCCCCCCC(=O)OCCCCCCCCCCCCCCCCCCCCCCCCCCCCCCCC(=O)NC(CO)C(O)CCCCCCCCCCCCCCCCCCCCCCCCCC. The molecule has 0 aliphatic heterocycles. The number of carbonyl (C=O) groups excluding carboxylic acids is 2. The van der Waals surface area contributed by atoms with E-state index in [1.165, 1.54) is 385 Å². The lowest BCUT2D eigenvalue weighted by molar-refractivity contribution is -0.143. The predicted octanol–water partition coefficient (Wildman–Crippen LogP) is 27.2. The Hall–Kier alpha value is -1.66. The number of aliphatic hydroxyl groups excluding tert-OH is 2. The number of hydrogen-bond acceptors (Lipinski definition) is 5. The Kier molecular flexibility index (Phi) is 77.3. The van der Waals surface area contributed by atoms with Gasteiger partial charge < -0.3 is 20.3 Å². The van der Waals surface area contributed by atoms with Crippen molar-refractivity contribution in [2.24, 2.45) is 0 Å². The zero-order valence-electron chi connectivity index (χ0n) is 60.7. The molecule has 0 saturated carbocycles. The standard InChI is InChI=1S/C83H161NO5/c1-3-5-7-9-11-13-15-17-19-21-23-24-25-33-36-40-43-47-51-55-59-63-67-71-75-81(86)80(79-85)84-82(87)76-72-68-64-60-56-52-48-44-41-37-34-31-29-27-26-28-30-32-35-38-42-46-50-54-58-62-66-70-74-78-89-83(88)77-73-69-65-61-57-53-49-45-39-22-20-18-16-14-12-10-8-6-4-2/h12,14,18,20,80-81,85-86H,3-11,13,15-17,19,21-79H2,1-2H3,(H,84,87)/b14-12-,20-18-. The molecule has 0 aromatic heterocycles. The molecular formula is C83H161NO5. The van der Waals surface area contributed by atoms with Crippen molar-refractivity contribution in [3.63, 3.8) is 0 Å². The van der Waals surface area contributed by atoms with E-state index >= 15 is 0 Å². The molecular weight excluding hydrogens is 1090 g/mol. The topological polar surface area (TPSA) is 95.9 Å². The molecule has 6 nitrogen and oxygen atoms in total. The fraction of sp³-hybridized carbons (Fsp3) is 0.928. The molecule has 0 bridgehead atoms. The molecule has 0 aromatic carbocycles. The van der Waals surface area contributed by atoms with E-state index < -0.39 is 12.1 Å². The van der Waals surface area contributed by atoms with E-state index in [1.807, 2.05) is 0 Å². The maximum atomic E-state index is 12.6. The van der Waals surface area contributed by atoms with Gasteiger partial charge in [0, 0.05) is 12.8 Å². The lowest BCUT2D eigenvalue weighted by Gasteiger charge is -2.22. The minimum Gasteiger partial charge on any atom is -0.466 e. The summed E-state index contributed by atoms with van der Waals surface area (Å²) in [7, 11) is 0. The van der Waals surface area contributed by atoms with E-state index in [0.717, 1.165) is 51.4 Å². The fourth-order valence-electron chi connectivity index (χ4n) is 13.3. The first-order valence-corrected chi connectivity index (χ1v) is 41.1. The number of allylic oxidation sites excluding steroid dienone is 4. The van der Waals surface area contributed by atoms with Crippen LogP contribution in [0, 0.1) is 0 Å². The highest BCUT2D eigenvalue weighted by Crippen LogP contribution is 2.21. The van der Waals surface area contributed by atoms with Crippen molar-refractivity contribution in [3.8, 4) is 0 Å². The molecule has 0 aliphatic carbocycles. The molecule has 0 radical (unpaired) electrons. The summed E-state index contributed by atoms with van der Waals surface area (Å²) in [5.74, 6) is -0.00841.